The largest absolute Gasteiger partial charge is 0.296 e. The first kappa shape index (κ1) is 20.1. The summed E-state index contributed by atoms with van der Waals surface area (Å²) in [4.78, 5) is 30.7. The van der Waals surface area contributed by atoms with Gasteiger partial charge in [-0.1, -0.05) is 35.3 Å². The molecule has 1 aromatic heterocycles. The molecule has 6 nitrogen and oxygen atoms in total. The average molecular weight is 443 g/mol. The SMILES string of the molecule is C[C@@]1(Cc2ccc(C#N)cc2)C(=O)N(c2cc(Cl)c(F)c(Cl)c2)c2ncc(C=O)n21. The number of imidazole rings is 1. The molecule has 2 heterocycles. The molecule has 0 aliphatic carbocycles. The third-order valence-corrected chi connectivity index (χ3v) is 5.66. The molecule has 150 valence electrons. The molecule has 0 saturated heterocycles. The average Bonchev–Trinajstić information content (AvgIpc) is 3.24. The van der Waals surface area contributed by atoms with E-state index >= 15 is 0 Å². The maximum absolute atomic E-state index is 13.9. The highest BCUT2D eigenvalue weighted by molar-refractivity contribution is 6.35. The van der Waals surface area contributed by atoms with Gasteiger partial charge in [0.2, 0.25) is 5.95 Å². The van der Waals surface area contributed by atoms with E-state index in [-0.39, 0.29) is 39.7 Å². The van der Waals surface area contributed by atoms with E-state index in [4.69, 9.17) is 28.5 Å². The van der Waals surface area contributed by atoms with Crippen LogP contribution in [0.5, 0.6) is 0 Å². The molecule has 0 unspecified atom stereocenters. The Morgan fingerprint density at radius 1 is 1.23 bits per heavy atom. The molecule has 1 amide bonds. The van der Waals surface area contributed by atoms with E-state index in [1.54, 1.807) is 35.8 Å². The fourth-order valence-corrected chi connectivity index (χ4v) is 4.16. The van der Waals surface area contributed by atoms with Gasteiger partial charge in [-0.2, -0.15) is 5.26 Å². The first-order chi connectivity index (χ1) is 14.3. The Morgan fingerprint density at radius 2 is 1.87 bits per heavy atom. The number of anilines is 2. The number of halogens is 3. The van der Waals surface area contributed by atoms with Crippen LogP contribution in [-0.2, 0) is 16.8 Å². The predicted octanol–water partition coefficient (Wildman–Crippen LogP) is 4.65. The van der Waals surface area contributed by atoms with Gasteiger partial charge in [0, 0.05) is 6.42 Å². The van der Waals surface area contributed by atoms with E-state index in [2.05, 4.69) is 4.98 Å². The molecule has 0 radical (unpaired) electrons. The Balaban J connectivity index is 1.85. The highest BCUT2D eigenvalue weighted by Gasteiger charge is 2.50. The van der Waals surface area contributed by atoms with Gasteiger partial charge in [0.25, 0.3) is 5.91 Å². The number of hydrogen-bond acceptors (Lipinski definition) is 4. The molecule has 0 N–H and O–H groups in total. The molecule has 30 heavy (non-hydrogen) atoms. The highest BCUT2D eigenvalue weighted by Crippen LogP contribution is 2.43. The van der Waals surface area contributed by atoms with Crippen molar-refractivity contribution in [3.63, 3.8) is 0 Å². The minimum atomic E-state index is -1.19. The van der Waals surface area contributed by atoms with Crippen LogP contribution in [0.25, 0.3) is 0 Å². The quantitative estimate of drug-likeness (QED) is 0.435. The zero-order valence-corrected chi connectivity index (χ0v) is 17.1. The number of aromatic nitrogens is 2. The number of carbonyl (C=O) groups is 2. The molecule has 1 atom stereocenters. The van der Waals surface area contributed by atoms with Gasteiger partial charge in [0.05, 0.1) is 33.6 Å². The number of fused-ring (bicyclic) bond motifs is 1. The van der Waals surface area contributed by atoms with Gasteiger partial charge in [-0.05, 0) is 36.8 Å². The van der Waals surface area contributed by atoms with Gasteiger partial charge in [-0.3, -0.25) is 14.2 Å². The van der Waals surface area contributed by atoms with E-state index in [0.29, 0.717) is 11.8 Å². The van der Waals surface area contributed by atoms with Crippen LogP contribution in [0, 0.1) is 17.1 Å². The van der Waals surface area contributed by atoms with Gasteiger partial charge >= 0.3 is 0 Å². The second-order valence-corrected chi connectivity index (χ2v) is 7.87. The van der Waals surface area contributed by atoms with Gasteiger partial charge < -0.3 is 0 Å². The third-order valence-electron chi connectivity index (χ3n) is 5.11. The lowest BCUT2D eigenvalue weighted by molar-refractivity contribution is -0.123. The first-order valence-corrected chi connectivity index (χ1v) is 9.57. The summed E-state index contributed by atoms with van der Waals surface area (Å²) in [5.74, 6) is -0.959. The summed E-state index contributed by atoms with van der Waals surface area (Å²) in [6, 6.07) is 11.4. The molecular formula is C21H13Cl2FN4O2. The summed E-state index contributed by atoms with van der Waals surface area (Å²) >= 11 is 11.9. The highest BCUT2D eigenvalue weighted by atomic mass is 35.5. The van der Waals surface area contributed by atoms with Gasteiger partial charge in [-0.25, -0.2) is 14.3 Å². The van der Waals surface area contributed by atoms with E-state index in [9.17, 15) is 14.0 Å². The molecule has 9 heteroatoms. The number of nitriles is 1. The van der Waals surface area contributed by atoms with Crippen LogP contribution < -0.4 is 4.90 Å². The van der Waals surface area contributed by atoms with Crippen LogP contribution in [-0.4, -0.2) is 21.7 Å². The molecular weight excluding hydrogens is 430 g/mol. The minimum absolute atomic E-state index is 0.206. The van der Waals surface area contributed by atoms with E-state index < -0.39 is 11.4 Å². The van der Waals surface area contributed by atoms with Crippen molar-refractivity contribution < 1.29 is 14.0 Å². The van der Waals surface area contributed by atoms with Gasteiger partial charge in [-0.15, -0.1) is 0 Å². The summed E-state index contributed by atoms with van der Waals surface area (Å²) < 4.78 is 15.4. The molecule has 4 rings (SSSR count). The topological polar surface area (TPSA) is 79.0 Å². The number of nitrogens with zero attached hydrogens (tertiary/aromatic N) is 4. The van der Waals surface area contributed by atoms with Crippen molar-refractivity contribution in [2.24, 2.45) is 0 Å². The van der Waals surface area contributed by atoms with E-state index in [0.717, 1.165) is 5.56 Å². The fourth-order valence-electron chi connectivity index (χ4n) is 3.68. The summed E-state index contributed by atoms with van der Waals surface area (Å²) in [5, 5.41) is 8.52. The summed E-state index contributed by atoms with van der Waals surface area (Å²) in [6.45, 7) is 1.69. The van der Waals surface area contributed by atoms with Crippen LogP contribution in [0.1, 0.15) is 28.5 Å². The lowest BCUT2D eigenvalue weighted by Gasteiger charge is -2.26. The Bertz CT molecular complexity index is 1210. The summed E-state index contributed by atoms with van der Waals surface area (Å²) in [7, 11) is 0. The fraction of sp³-hybridized carbons (Fsp3) is 0.143. The van der Waals surface area contributed by atoms with Crippen molar-refractivity contribution in [2.45, 2.75) is 18.9 Å². The molecule has 0 bridgehead atoms. The van der Waals surface area contributed by atoms with Crippen molar-refractivity contribution >= 4 is 47.0 Å². The molecule has 1 aliphatic rings. The van der Waals surface area contributed by atoms with Crippen molar-refractivity contribution in [1.29, 1.82) is 5.26 Å². The van der Waals surface area contributed by atoms with Crippen molar-refractivity contribution in [2.75, 3.05) is 4.90 Å². The molecule has 0 fully saturated rings. The van der Waals surface area contributed by atoms with Crippen molar-refractivity contribution in [1.82, 2.24) is 9.55 Å². The number of carbonyl (C=O) groups excluding carboxylic acids is 2. The number of amides is 1. The van der Waals surface area contributed by atoms with Crippen LogP contribution in [0.2, 0.25) is 10.0 Å². The first-order valence-electron chi connectivity index (χ1n) is 8.81. The monoisotopic (exact) mass is 442 g/mol. The zero-order chi connectivity index (χ0) is 21.6. The summed E-state index contributed by atoms with van der Waals surface area (Å²) in [5.41, 5.74) is 0.554. The molecule has 0 spiro atoms. The third kappa shape index (κ3) is 2.96. The number of aldehydes is 1. The molecule has 1 aliphatic heterocycles. The second-order valence-electron chi connectivity index (χ2n) is 7.06. The van der Waals surface area contributed by atoms with Crippen LogP contribution in [0.15, 0.2) is 42.6 Å². The second kappa shape index (κ2) is 7.24. The number of rotatable bonds is 4. The molecule has 0 saturated carbocycles. The van der Waals surface area contributed by atoms with E-state index in [1.165, 1.54) is 23.2 Å². The van der Waals surface area contributed by atoms with Crippen molar-refractivity contribution in [3.8, 4) is 6.07 Å². The predicted molar refractivity (Wildman–Crippen MR) is 110 cm³/mol. The smallest absolute Gasteiger partial charge is 0.260 e. The van der Waals surface area contributed by atoms with Crippen molar-refractivity contribution in [3.05, 3.63) is 75.3 Å². The molecule has 2 aromatic carbocycles. The number of hydrogen-bond donors (Lipinski definition) is 0. The zero-order valence-electron chi connectivity index (χ0n) is 15.6. The van der Waals surface area contributed by atoms with E-state index in [1.807, 2.05) is 6.07 Å². The van der Waals surface area contributed by atoms with Gasteiger partial charge in [0.1, 0.15) is 11.2 Å². The Kier molecular flexibility index (Phi) is 4.85. The Hall–Kier alpha value is -3.21. The summed E-state index contributed by atoms with van der Waals surface area (Å²) in [6.07, 6.45) is 2.22. The maximum atomic E-state index is 13.9. The lowest BCUT2D eigenvalue weighted by atomic mass is 9.91. The molecule has 3 aromatic rings. The maximum Gasteiger partial charge on any atom is 0.260 e. The normalized spacial score (nSPS) is 17.7. The Labute approximate surface area is 181 Å². The minimum Gasteiger partial charge on any atom is -0.296 e. The Morgan fingerprint density at radius 3 is 2.43 bits per heavy atom. The van der Waals surface area contributed by atoms with Crippen LogP contribution in [0.3, 0.4) is 0 Å². The number of benzene rings is 2. The van der Waals surface area contributed by atoms with Gasteiger partial charge in [0.15, 0.2) is 12.1 Å². The standard InChI is InChI=1S/C21H13Cl2FN4O2/c1-21(8-12-2-4-13(9-25)5-3-12)19(30)27(20-26-10-15(11-29)28(20)21)14-6-16(22)18(24)17(23)7-14/h2-7,10-11H,8H2,1H3/t21-/m1/s1. The van der Waals surface area contributed by atoms with Crippen LogP contribution in [0.4, 0.5) is 16.0 Å². The van der Waals surface area contributed by atoms with Crippen LogP contribution >= 0.6 is 23.2 Å². The lowest BCUT2D eigenvalue weighted by Crippen LogP contribution is -2.41.